The number of carbonyl (C=O) groups excluding carboxylic acids is 1. The number of hydrogen-bond donors (Lipinski definition) is 1. The predicted octanol–water partition coefficient (Wildman–Crippen LogP) is 2.51. The van der Waals surface area contributed by atoms with Crippen molar-refractivity contribution in [3.8, 4) is 0 Å². The van der Waals surface area contributed by atoms with Gasteiger partial charge in [0.15, 0.2) is 0 Å². The Kier molecular flexibility index (Phi) is 5.56. The summed E-state index contributed by atoms with van der Waals surface area (Å²) in [5, 5.41) is 2.97. The molecule has 1 aliphatic rings. The Bertz CT molecular complexity index is 679. The van der Waals surface area contributed by atoms with E-state index in [0.29, 0.717) is 6.54 Å². The molecule has 3 rings (SSSR count). The van der Waals surface area contributed by atoms with Crippen molar-refractivity contribution in [1.82, 2.24) is 4.90 Å². The molecule has 0 radical (unpaired) electrons. The van der Waals surface area contributed by atoms with Gasteiger partial charge in [-0.2, -0.15) is 0 Å². The zero-order valence-electron chi connectivity index (χ0n) is 15.0. The first-order valence-electron chi connectivity index (χ1n) is 8.71. The third-order valence-electron chi connectivity index (χ3n) is 4.60. The van der Waals surface area contributed by atoms with Crippen LogP contribution in [0.3, 0.4) is 0 Å². The fourth-order valence-electron chi connectivity index (χ4n) is 3.01. The summed E-state index contributed by atoms with van der Waals surface area (Å²) in [6, 6.07) is 18.0. The minimum absolute atomic E-state index is 0.0151. The molecule has 1 fully saturated rings. The van der Waals surface area contributed by atoms with E-state index in [0.717, 1.165) is 37.6 Å². The third-order valence-corrected chi connectivity index (χ3v) is 4.60. The second-order valence-corrected chi connectivity index (χ2v) is 6.58. The van der Waals surface area contributed by atoms with Gasteiger partial charge in [-0.05, 0) is 43.4 Å². The van der Waals surface area contributed by atoms with Crippen molar-refractivity contribution in [2.45, 2.75) is 0 Å². The number of piperazine rings is 1. The maximum Gasteiger partial charge on any atom is 0.243 e. The van der Waals surface area contributed by atoms with Crippen LogP contribution >= 0.6 is 0 Å². The summed E-state index contributed by atoms with van der Waals surface area (Å²) in [6.07, 6.45) is 0. The first-order chi connectivity index (χ1) is 12.1. The molecule has 0 spiro atoms. The highest BCUT2D eigenvalue weighted by Crippen LogP contribution is 2.19. The number of hydrogen-bond acceptors (Lipinski definition) is 4. The molecule has 1 aliphatic heterocycles. The Morgan fingerprint density at radius 2 is 1.64 bits per heavy atom. The van der Waals surface area contributed by atoms with Crippen LogP contribution in [0.15, 0.2) is 54.6 Å². The van der Waals surface area contributed by atoms with Crippen molar-refractivity contribution in [1.29, 1.82) is 0 Å². The Morgan fingerprint density at radius 1 is 1.00 bits per heavy atom. The van der Waals surface area contributed by atoms with Crippen LogP contribution in [0, 0.1) is 0 Å². The van der Waals surface area contributed by atoms with Crippen molar-refractivity contribution in [3.05, 3.63) is 54.6 Å². The highest BCUT2D eigenvalue weighted by molar-refractivity contribution is 5.94. The van der Waals surface area contributed by atoms with Gasteiger partial charge in [-0.1, -0.05) is 18.2 Å². The number of anilines is 3. The van der Waals surface area contributed by atoms with E-state index in [1.54, 1.807) is 0 Å². The summed E-state index contributed by atoms with van der Waals surface area (Å²) in [5.41, 5.74) is 3.08. The van der Waals surface area contributed by atoms with Gasteiger partial charge in [-0.15, -0.1) is 0 Å². The summed E-state index contributed by atoms with van der Waals surface area (Å²) < 4.78 is 0. The fraction of sp³-hybridized carbons (Fsp3) is 0.350. The molecule has 132 valence electrons. The Hall–Kier alpha value is -2.53. The lowest BCUT2D eigenvalue weighted by atomic mass is 10.2. The molecule has 5 nitrogen and oxygen atoms in total. The molecule has 1 heterocycles. The van der Waals surface area contributed by atoms with Crippen LogP contribution in [-0.2, 0) is 4.79 Å². The number of carbonyl (C=O) groups is 1. The minimum Gasteiger partial charge on any atom is -0.369 e. The van der Waals surface area contributed by atoms with Crippen LogP contribution in [0.4, 0.5) is 17.1 Å². The molecule has 0 aliphatic carbocycles. The van der Waals surface area contributed by atoms with E-state index in [-0.39, 0.29) is 5.91 Å². The molecular weight excluding hydrogens is 312 g/mol. The van der Waals surface area contributed by atoms with Crippen molar-refractivity contribution >= 4 is 23.0 Å². The number of nitrogens with zero attached hydrogens (tertiary/aromatic N) is 3. The first-order valence-corrected chi connectivity index (χ1v) is 8.71. The molecule has 1 N–H and O–H groups in total. The van der Waals surface area contributed by atoms with Crippen LogP contribution in [0.25, 0.3) is 0 Å². The molecule has 1 amide bonds. The highest BCUT2D eigenvalue weighted by Gasteiger charge is 2.14. The van der Waals surface area contributed by atoms with Crippen LogP contribution < -0.4 is 15.1 Å². The van der Waals surface area contributed by atoms with Crippen LogP contribution in [0.5, 0.6) is 0 Å². The summed E-state index contributed by atoms with van der Waals surface area (Å²) in [5.74, 6) is -0.0151. The van der Waals surface area contributed by atoms with E-state index in [9.17, 15) is 4.79 Å². The summed E-state index contributed by atoms with van der Waals surface area (Å²) >= 11 is 0. The summed E-state index contributed by atoms with van der Waals surface area (Å²) in [6.45, 7) is 4.59. The van der Waals surface area contributed by atoms with Crippen molar-refractivity contribution < 1.29 is 4.79 Å². The second-order valence-electron chi connectivity index (χ2n) is 6.58. The molecule has 0 bridgehead atoms. The van der Waals surface area contributed by atoms with Gasteiger partial charge in [-0.3, -0.25) is 4.79 Å². The quantitative estimate of drug-likeness (QED) is 0.909. The van der Waals surface area contributed by atoms with Crippen molar-refractivity contribution in [2.24, 2.45) is 0 Å². The molecule has 5 heteroatoms. The van der Waals surface area contributed by atoms with E-state index in [1.165, 1.54) is 5.69 Å². The molecule has 0 aromatic heterocycles. The van der Waals surface area contributed by atoms with E-state index < -0.39 is 0 Å². The molecule has 0 unspecified atom stereocenters. The number of para-hydroxylation sites is 1. The average molecular weight is 338 g/mol. The Balaban J connectivity index is 1.53. The van der Waals surface area contributed by atoms with E-state index in [4.69, 9.17) is 0 Å². The van der Waals surface area contributed by atoms with E-state index >= 15 is 0 Å². The predicted molar refractivity (Wildman–Crippen MR) is 104 cm³/mol. The maximum absolute atomic E-state index is 12.3. The highest BCUT2D eigenvalue weighted by atomic mass is 16.2. The van der Waals surface area contributed by atoms with Gasteiger partial charge in [0.05, 0.1) is 6.54 Å². The van der Waals surface area contributed by atoms with Gasteiger partial charge < -0.3 is 20.0 Å². The average Bonchev–Trinajstić information content (AvgIpc) is 2.64. The Labute approximate surface area is 149 Å². The zero-order chi connectivity index (χ0) is 17.6. The molecule has 1 saturated heterocycles. The molecule has 2 aromatic rings. The monoisotopic (exact) mass is 338 g/mol. The first kappa shape index (κ1) is 17.3. The minimum atomic E-state index is -0.0151. The summed E-state index contributed by atoms with van der Waals surface area (Å²) in [7, 11) is 4.08. The number of amides is 1. The van der Waals surface area contributed by atoms with Gasteiger partial charge in [0.1, 0.15) is 0 Å². The zero-order valence-corrected chi connectivity index (χ0v) is 15.0. The number of rotatable bonds is 5. The van der Waals surface area contributed by atoms with Crippen LogP contribution in [0.1, 0.15) is 0 Å². The topological polar surface area (TPSA) is 38.8 Å². The van der Waals surface area contributed by atoms with Gasteiger partial charge in [-0.25, -0.2) is 0 Å². The molecular formula is C20H26N4O. The lowest BCUT2D eigenvalue weighted by molar-refractivity contribution is -0.114. The molecule has 0 saturated carbocycles. The lowest BCUT2D eigenvalue weighted by Crippen LogP contribution is -2.44. The van der Waals surface area contributed by atoms with Gasteiger partial charge >= 0.3 is 0 Å². The lowest BCUT2D eigenvalue weighted by Gasteiger charge is -2.34. The smallest absolute Gasteiger partial charge is 0.243 e. The fourth-order valence-corrected chi connectivity index (χ4v) is 3.01. The SMILES string of the molecule is CN1CCN(c2ccc(NC(=O)CN(C)c3ccccc3)cc2)CC1. The van der Waals surface area contributed by atoms with Crippen molar-refractivity contribution in [2.75, 3.05) is 61.9 Å². The molecule has 0 atom stereocenters. The van der Waals surface area contributed by atoms with E-state index in [1.807, 2.05) is 54.4 Å². The van der Waals surface area contributed by atoms with Gasteiger partial charge in [0.2, 0.25) is 5.91 Å². The maximum atomic E-state index is 12.3. The van der Waals surface area contributed by atoms with Crippen LogP contribution in [0.2, 0.25) is 0 Å². The normalized spacial score (nSPS) is 15.0. The molecule has 25 heavy (non-hydrogen) atoms. The van der Waals surface area contributed by atoms with Crippen LogP contribution in [-0.4, -0.2) is 57.6 Å². The van der Waals surface area contributed by atoms with E-state index in [2.05, 4.69) is 34.3 Å². The van der Waals surface area contributed by atoms with Crippen molar-refractivity contribution in [3.63, 3.8) is 0 Å². The third kappa shape index (κ3) is 4.73. The number of nitrogens with one attached hydrogen (secondary N) is 1. The Morgan fingerprint density at radius 3 is 2.28 bits per heavy atom. The standard InChI is InChI=1S/C20H26N4O/c1-22-12-14-24(15-13-22)19-10-8-17(9-11-19)21-20(25)16-23(2)18-6-4-3-5-7-18/h3-11H,12-16H2,1-2H3,(H,21,25). The molecule has 2 aromatic carbocycles. The van der Waals surface area contributed by atoms with Gasteiger partial charge in [0.25, 0.3) is 0 Å². The largest absolute Gasteiger partial charge is 0.369 e. The number of benzene rings is 2. The summed E-state index contributed by atoms with van der Waals surface area (Å²) in [4.78, 5) is 18.9. The second kappa shape index (κ2) is 8.03. The number of likely N-dealkylation sites (N-methyl/N-ethyl adjacent to an activating group) is 2. The van der Waals surface area contributed by atoms with Gasteiger partial charge in [0, 0.05) is 50.3 Å².